The minimum atomic E-state index is -0.855. The summed E-state index contributed by atoms with van der Waals surface area (Å²) in [7, 11) is 0. The molecule has 1 aliphatic rings. The topological polar surface area (TPSA) is 52.3 Å². The summed E-state index contributed by atoms with van der Waals surface area (Å²) in [5, 5.41) is 0. The van der Waals surface area contributed by atoms with Crippen LogP contribution in [0.25, 0.3) is 0 Å². The summed E-state index contributed by atoms with van der Waals surface area (Å²) in [5.74, 6) is 0.464. The molecule has 15 heavy (non-hydrogen) atoms. The molecule has 0 radical (unpaired) electrons. The number of hydrogen-bond donors (Lipinski definition) is 1. The first kappa shape index (κ1) is 12.5. The Labute approximate surface area is 92.4 Å². The molecule has 0 aliphatic heterocycles. The summed E-state index contributed by atoms with van der Waals surface area (Å²) in [6, 6.07) is 0. The maximum Gasteiger partial charge on any atom is 0.325 e. The SMILES string of the molecule is CC(C)(N)C(=O)OCCC1CCCCC1. The van der Waals surface area contributed by atoms with Gasteiger partial charge < -0.3 is 10.5 Å². The highest BCUT2D eigenvalue weighted by atomic mass is 16.5. The van der Waals surface area contributed by atoms with Crippen molar-refractivity contribution in [3.05, 3.63) is 0 Å². The zero-order valence-electron chi connectivity index (χ0n) is 9.92. The third-order valence-electron chi connectivity index (χ3n) is 3.01. The van der Waals surface area contributed by atoms with E-state index in [0.29, 0.717) is 6.61 Å². The zero-order valence-corrected chi connectivity index (χ0v) is 9.92. The predicted octanol–water partition coefficient (Wildman–Crippen LogP) is 2.24. The summed E-state index contributed by atoms with van der Waals surface area (Å²) < 4.78 is 5.15. The van der Waals surface area contributed by atoms with Gasteiger partial charge in [-0.25, -0.2) is 0 Å². The third-order valence-corrected chi connectivity index (χ3v) is 3.01. The molecule has 3 heteroatoms. The molecular weight excluding hydrogens is 190 g/mol. The van der Waals surface area contributed by atoms with Crippen molar-refractivity contribution in [3.8, 4) is 0 Å². The molecule has 88 valence electrons. The van der Waals surface area contributed by atoms with Gasteiger partial charge in [-0.1, -0.05) is 32.1 Å². The molecule has 0 aromatic heterocycles. The van der Waals surface area contributed by atoms with E-state index < -0.39 is 5.54 Å². The first-order valence-electron chi connectivity index (χ1n) is 5.96. The standard InChI is InChI=1S/C12H23NO2/c1-12(2,13)11(14)15-9-8-10-6-4-3-5-7-10/h10H,3-9,13H2,1-2H3. The first-order valence-corrected chi connectivity index (χ1v) is 5.96. The molecule has 0 unspecified atom stereocenters. The molecule has 0 bridgehead atoms. The van der Waals surface area contributed by atoms with E-state index in [9.17, 15) is 4.79 Å². The van der Waals surface area contributed by atoms with Crippen LogP contribution in [-0.4, -0.2) is 18.1 Å². The number of carbonyl (C=O) groups is 1. The van der Waals surface area contributed by atoms with Crippen molar-refractivity contribution < 1.29 is 9.53 Å². The Kier molecular flexibility index (Phi) is 4.58. The van der Waals surface area contributed by atoms with Gasteiger partial charge >= 0.3 is 5.97 Å². The van der Waals surface area contributed by atoms with Gasteiger partial charge in [0, 0.05) is 0 Å². The van der Waals surface area contributed by atoms with Crippen LogP contribution in [0.15, 0.2) is 0 Å². The van der Waals surface area contributed by atoms with E-state index in [0.717, 1.165) is 12.3 Å². The Morgan fingerprint density at radius 3 is 2.47 bits per heavy atom. The number of carbonyl (C=O) groups excluding carboxylic acids is 1. The highest BCUT2D eigenvalue weighted by molar-refractivity contribution is 5.79. The van der Waals surface area contributed by atoms with E-state index in [1.165, 1.54) is 32.1 Å². The highest BCUT2D eigenvalue weighted by Crippen LogP contribution is 2.26. The summed E-state index contributed by atoms with van der Waals surface area (Å²) in [6.45, 7) is 3.88. The fraction of sp³-hybridized carbons (Fsp3) is 0.917. The van der Waals surface area contributed by atoms with E-state index in [2.05, 4.69) is 0 Å². The number of ether oxygens (including phenoxy) is 1. The van der Waals surface area contributed by atoms with Crippen molar-refractivity contribution in [1.82, 2.24) is 0 Å². The van der Waals surface area contributed by atoms with Crippen molar-refractivity contribution in [2.45, 2.75) is 57.9 Å². The molecule has 0 atom stereocenters. The van der Waals surface area contributed by atoms with Crippen molar-refractivity contribution in [1.29, 1.82) is 0 Å². The van der Waals surface area contributed by atoms with Crippen LogP contribution in [0, 0.1) is 5.92 Å². The highest BCUT2D eigenvalue weighted by Gasteiger charge is 2.24. The molecule has 0 aromatic carbocycles. The van der Waals surface area contributed by atoms with Crippen LogP contribution in [-0.2, 0) is 9.53 Å². The summed E-state index contributed by atoms with van der Waals surface area (Å²) in [5.41, 5.74) is 4.77. The number of rotatable bonds is 4. The van der Waals surface area contributed by atoms with E-state index >= 15 is 0 Å². The van der Waals surface area contributed by atoms with Crippen LogP contribution < -0.4 is 5.73 Å². The lowest BCUT2D eigenvalue weighted by molar-refractivity contribution is -0.149. The van der Waals surface area contributed by atoms with Crippen molar-refractivity contribution in [2.24, 2.45) is 11.7 Å². The normalized spacial score (nSPS) is 18.9. The Morgan fingerprint density at radius 1 is 1.33 bits per heavy atom. The average Bonchev–Trinajstić information content (AvgIpc) is 2.18. The molecule has 3 nitrogen and oxygen atoms in total. The Morgan fingerprint density at radius 2 is 1.93 bits per heavy atom. The minimum absolute atomic E-state index is 0.293. The van der Waals surface area contributed by atoms with Crippen molar-refractivity contribution in [3.63, 3.8) is 0 Å². The fourth-order valence-corrected chi connectivity index (χ4v) is 1.98. The second-order valence-electron chi connectivity index (χ2n) is 5.15. The van der Waals surface area contributed by atoms with Gasteiger partial charge in [0.05, 0.1) is 6.61 Å². The molecule has 1 saturated carbocycles. The van der Waals surface area contributed by atoms with Crippen molar-refractivity contribution in [2.75, 3.05) is 6.61 Å². The molecule has 1 rings (SSSR count). The fourth-order valence-electron chi connectivity index (χ4n) is 1.98. The molecular formula is C12H23NO2. The lowest BCUT2D eigenvalue weighted by Crippen LogP contribution is -2.43. The summed E-state index contributed by atoms with van der Waals surface area (Å²) >= 11 is 0. The largest absolute Gasteiger partial charge is 0.464 e. The van der Waals surface area contributed by atoms with Crippen LogP contribution in [0.4, 0.5) is 0 Å². The second kappa shape index (κ2) is 5.50. The average molecular weight is 213 g/mol. The Balaban J connectivity index is 2.12. The lowest BCUT2D eigenvalue weighted by Gasteiger charge is -2.22. The Hall–Kier alpha value is -0.570. The van der Waals surface area contributed by atoms with Crippen molar-refractivity contribution >= 4 is 5.97 Å². The smallest absolute Gasteiger partial charge is 0.325 e. The van der Waals surface area contributed by atoms with Gasteiger partial charge in [0.25, 0.3) is 0 Å². The molecule has 1 fully saturated rings. The predicted molar refractivity (Wildman–Crippen MR) is 60.4 cm³/mol. The van der Waals surface area contributed by atoms with Gasteiger partial charge in [0.15, 0.2) is 0 Å². The van der Waals surface area contributed by atoms with Gasteiger partial charge in [-0.2, -0.15) is 0 Å². The number of esters is 1. The van der Waals surface area contributed by atoms with E-state index in [1.807, 2.05) is 0 Å². The van der Waals surface area contributed by atoms with Gasteiger partial charge in [-0.3, -0.25) is 4.79 Å². The van der Waals surface area contributed by atoms with Gasteiger partial charge in [-0.05, 0) is 26.2 Å². The van der Waals surface area contributed by atoms with Crippen LogP contribution in [0.5, 0.6) is 0 Å². The second-order valence-corrected chi connectivity index (χ2v) is 5.15. The van der Waals surface area contributed by atoms with E-state index in [-0.39, 0.29) is 5.97 Å². The Bertz CT molecular complexity index is 202. The lowest BCUT2D eigenvalue weighted by atomic mass is 9.87. The molecule has 0 aromatic rings. The van der Waals surface area contributed by atoms with E-state index in [1.54, 1.807) is 13.8 Å². The maximum atomic E-state index is 11.4. The summed E-state index contributed by atoms with van der Waals surface area (Å²) in [4.78, 5) is 11.4. The molecule has 2 N–H and O–H groups in total. The van der Waals surface area contributed by atoms with Crippen LogP contribution in [0.1, 0.15) is 52.4 Å². The van der Waals surface area contributed by atoms with Crippen LogP contribution in [0.3, 0.4) is 0 Å². The van der Waals surface area contributed by atoms with E-state index in [4.69, 9.17) is 10.5 Å². The zero-order chi connectivity index (χ0) is 11.3. The molecule has 0 spiro atoms. The quantitative estimate of drug-likeness (QED) is 0.729. The first-order chi connectivity index (χ1) is 7.00. The third kappa shape index (κ3) is 4.65. The van der Waals surface area contributed by atoms with Crippen LogP contribution >= 0.6 is 0 Å². The van der Waals surface area contributed by atoms with Gasteiger partial charge in [0.1, 0.15) is 5.54 Å². The maximum absolute atomic E-state index is 11.4. The monoisotopic (exact) mass is 213 g/mol. The molecule has 0 amide bonds. The number of nitrogens with two attached hydrogens (primary N) is 1. The minimum Gasteiger partial charge on any atom is -0.464 e. The van der Waals surface area contributed by atoms with Gasteiger partial charge in [0.2, 0.25) is 0 Å². The molecule has 0 heterocycles. The number of hydrogen-bond acceptors (Lipinski definition) is 3. The summed E-state index contributed by atoms with van der Waals surface area (Å²) in [6.07, 6.45) is 7.63. The molecule has 1 aliphatic carbocycles. The molecule has 0 saturated heterocycles. The van der Waals surface area contributed by atoms with Gasteiger partial charge in [-0.15, -0.1) is 0 Å². The van der Waals surface area contributed by atoms with Crippen LogP contribution in [0.2, 0.25) is 0 Å².